The monoisotopic (exact) mass is 107 g/mol. The van der Waals surface area contributed by atoms with Gasteiger partial charge in [-0.25, -0.2) is 0 Å². The van der Waals surface area contributed by atoms with Gasteiger partial charge in [-0.1, -0.05) is 11.6 Å². The van der Waals surface area contributed by atoms with Gasteiger partial charge in [-0.05, 0) is 0 Å². The van der Waals surface area contributed by atoms with Gasteiger partial charge in [0.25, 0.3) is 0 Å². The van der Waals surface area contributed by atoms with Crippen molar-refractivity contribution in [3.63, 3.8) is 0 Å². The summed E-state index contributed by atoms with van der Waals surface area (Å²) in [6.45, 7) is 0. The molecule has 5 N–H and O–H groups in total. The van der Waals surface area contributed by atoms with E-state index in [-0.39, 0.29) is 5.84 Å². The minimum Gasteiger partial charge on any atom is -0.385 e. The summed E-state index contributed by atoms with van der Waals surface area (Å²) in [5.41, 5.74) is 8.80. The molecule has 0 aliphatic rings. The molecule has 3 nitrogen and oxygen atoms in total. The van der Waals surface area contributed by atoms with Crippen LogP contribution in [0.4, 0.5) is 0 Å². The zero-order valence-electron chi connectivity index (χ0n) is 3.11. The van der Waals surface area contributed by atoms with Crippen molar-refractivity contribution < 1.29 is 0 Å². The quantitative estimate of drug-likeness (QED) is 0.182. The molecular weight excluding hydrogens is 101 g/mol. The first-order valence-corrected chi connectivity index (χ1v) is 1.82. The summed E-state index contributed by atoms with van der Waals surface area (Å²) in [5, 5.41) is 6.47. The molecule has 0 aliphatic heterocycles. The lowest BCUT2D eigenvalue weighted by Gasteiger charge is -1.93. The Balaban J connectivity index is 3.26. The fourth-order valence-corrected chi connectivity index (χ4v) is 0. The Morgan fingerprint density at radius 1 is 1.83 bits per heavy atom. The Labute approximate surface area is 40.8 Å². The van der Waals surface area contributed by atoms with E-state index in [1.54, 1.807) is 0 Å². The minimum atomic E-state index is -0.815. The third-order valence-electron chi connectivity index (χ3n) is 0.297. The number of hydrogen-bond acceptors (Lipinski definition) is 2. The van der Waals surface area contributed by atoms with Crippen molar-refractivity contribution in [3.8, 4) is 0 Å². The van der Waals surface area contributed by atoms with Crippen LogP contribution in [0.25, 0.3) is 0 Å². The number of nitrogens with two attached hydrogens (primary N) is 2. The number of rotatable bonds is 1. The normalized spacial score (nSPS) is 13.7. The van der Waals surface area contributed by atoms with E-state index in [0.29, 0.717) is 0 Å². The van der Waals surface area contributed by atoms with Gasteiger partial charge in [-0.2, -0.15) is 0 Å². The molecule has 0 aliphatic carbocycles. The van der Waals surface area contributed by atoms with Gasteiger partial charge in [-0.15, -0.1) is 0 Å². The van der Waals surface area contributed by atoms with Crippen LogP contribution in [0.15, 0.2) is 0 Å². The first-order chi connectivity index (χ1) is 2.64. The van der Waals surface area contributed by atoms with Crippen molar-refractivity contribution in [2.75, 3.05) is 0 Å². The van der Waals surface area contributed by atoms with E-state index in [2.05, 4.69) is 0 Å². The summed E-state index contributed by atoms with van der Waals surface area (Å²) in [6.07, 6.45) is 0. The number of nitrogens with one attached hydrogen (secondary N) is 1. The first-order valence-electron chi connectivity index (χ1n) is 1.38. The molecule has 0 aromatic rings. The van der Waals surface area contributed by atoms with Crippen molar-refractivity contribution in [3.05, 3.63) is 0 Å². The highest BCUT2D eigenvalue weighted by Gasteiger charge is 1.94. The van der Waals surface area contributed by atoms with E-state index in [4.69, 9.17) is 28.5 Å². The second kappa shape index (κ2) is 2.00. The van der Waals surface area contributed by atoms with Gasteiger partial charge in [-0.3, -0.25) is 5.41 Å². The molecule has 0 fully saturated rings. The van der Waals surface area contributed by atoms with Crippen LogP contribution in [0.1, 0.15) is 0 Å². The van der Waals surface area contributed by atoms with Crippen molar-refractivity contribution in [2.45, 2.75) is 5.50 Å². The van der Waals surface area contributed by atoms with Crippen LogP contribution in [0, 0.1) is 5.41 Å². The Bertz CT molecular complexity index is 59.8. The molecule has 0 aromatic heterocycles. The number of halogens is 1. The predicted molar refractivity (Wildman–Crippen MR) is 25.7 cm³/mol. The number of amidine groups is 1. The highest BCUT2D eigenvalue weighted by molar-refractivity contribution is 6.30. The molecule has 4 heteroatoms. The molecule has 0 rings (SSSR count). The summed E-state index contributed by atoms with van der Waals surface area (Å²) in [4.78, 5) is 0. The highest BCUT2D eigenvalue weighted by atomic mass is 35.5. The summed E-state index contributed by atoms with van der Waals surface area (Å²) >= 11 is 5.04. The average Bonchev–Trinajstić information content (AvgIpc) is 1.36. The largest absolute Gasteiger partial charge is 0.385 e. The second-order valence-corrected chi connectivity index (χ2v) is 1.33. The Hall–Kier alpha value is -0.280. The summed E-state index contributed by atoms with van der Waals surface area (Å²) < 4.78 is 0. The molecular formula is C2H6ClN3. The average molecular weight is 108 g/mol. The maximum absolute atomic E-state index is 6.47. The predicted octanol–water partition coefficient (Wildman–Crippen LogP) is -0.554. The van der Waals surface area contributed by atoms with Crippen LogP contribution in [-0.2, 0) is 0 Å². The molecule has 0 bridgehead atoms. The Morgan fingerprint density at radius 2 is 2.00 bits per heavy atom. The van der Waals surface area contributed by atoms with E-state index in [0.717, 1.165) is 0 Å². The maximum Gasteiger partial charge on any atom is 0.137 e. The second-order valence-electron chi connectivity index (χ2n) is 0.857. The Kier molecular flexibility index (Phi) is 1.90. The van der Waals surface area contributed by atoms with Gasteiger partial charge in [0.1, 0.15) is 11.3 Å². The third-order valence-corrected chi connectivity index (χ3v) is 0.532. The van der Waals surface area contributed by atoms with Gasteiger partial charge in [0.2, 0.25) is 0 Å². The van der Waals surface area contributed by atoms with Gasteiger partial charge in [0, 0.05) is 0 Å². The number of hydrogen-bond donors (Lipinski definition) is 3. The molecule has 0 saturated heterocycles. The molecule has 0 heterocycles. The maximum atomic E-state index is 6.47. The number of alkyl halides is 1. The molecule has 6 heavy (non-hydrogen) atoms. The summed E-state index contributed by atoms with van der Waals surface area (Å²) in [5.74, 6) is -0.198. The zero-order valence-corrected chi connectivity index (χ0v) is 3.87. The van der Waals surface area contributed by atoms with E-state index in [9.17, 15) is 0 Å². The molecule has 0 aromatic carbocycles. The van der Waals surface area contributed by atoms with Gasteiger partial charge >= 0.3 is 0 Å². The molecule has 36 valence electrons. The molecule has 0 saturated carbocycles. The van der Waals surface area contributed by atoms with Crippen LogP contribution in [0.2, 0.25) is 0 Å². The topological polar surface area (TPSA) is 75.9 Å². The van der Waals surface area contributed by atoms with Gasteiger partial charge in [0.05, 0.1) is 0 Å². The Morgan fingerprint density at radius 3 is 2.00 bits per heavy atom. The molecule has 0 radical (unpaired) electrons. The standard InChI is InChI=1S/C2H6ClN3/c3-1(4)2(5)6/h1H,4H2,(H3,5,6). The lowest BCUT2D eigenvalue weighted by atomic mass is 10.6. The van der Waals surface area contributed by atoms with Crippen LogP contribution in [0.5, 0.6) is 0 Å². The van der Waals surface area contributed by atoms with Crippen molar-refractivity contribution in [1.82, 2.24) is 0 Å². The van der Waals surface area contributed by atoms with Crippen molar-refractivity contribution >= 4 is 17.4 Å². The minimum absolute atomic E-state index is 0.198. The molecule has 0 amide bonds. The molecule has 0 spiro atoms. The highest BCUT2D eigenvalue weighted by Crippen LogP contribution is 1.78. The summed E-state index contributed by atoms with van der Waals surface area (Å²) in [7, 11) is 0. The zero-order chi connectivity index (χ0) is 5.15. The van der Waals surface area contributed by atoms with Gasteiger partial charge < -0.3 is 11.5 Å². The smallest absolute Gasteiger partial charge is 0.137 e. The fourth-order valence-electron chi connectivity index (χ4n) is 0. The summed E-state index contributed by atoms with van der Waals surface area (Å²) in [6, 6.07) is 0. The van der Waals surface area contributed by atoms with Crippen molar-refractivity contribution in [1.29, 1.82) is 5.41 Å². The van der Waals surface area contributed by atoms with E-state index in [1.165, 1.54) is 0 Å². The van der Waals surface area contributed by atoms with Gasteiger partial charge in [0.15, 0.2) is 0 Å². The fraction of sp³-hybridized carbons (Fsp3) is 0.500. The van der Waals surface area contributed by atoms with Crippen LogP contribution < -0.4 is 11.5 Å². The first kappa shape index (κ1) is 5.72. The third kappa shape index (κ3) is 1.99. The molecule has 1 atom stereocenters. The lowest BCUT2D eigenvalue weighted by Crippen LogP contribution is -2.30. The van der Waals surface area contributed by atoms with Crippen molar-refractivity contribution in [2.24, 2.45) is 11.5 Å². The molecule has 1 unspecified atom stereocenters. The SMILES string of the molecule is N=C(N)C(N)Cl. The lowest BCUT2D eigenvalue weighted by molar-refractivity contribution is 1.15. The van der Waals surface area contributed by atoms with Crippen LogP contribution in [0.3, 0.4) is 0 Å². The van der Waals surface area contributed by atoms with Crippen LogP contribution in [-0.4, -0.2) is 11.3 Å². The van der Waals surface area contributed by atoms with E-state index >= 15 is 0 Å². The van der Waals surface area contributed by atoms with E-state index < -0.39 is 5.50 Å². The van der Waals surface area contributed by atoms with E-state index in [1.807, 2.05) is 0 Å². The van der Waals surface area contributed by atoms with Crippen LogP contribution >= 0.6 is 11.6 Å².